The zero-order valence-corrected chi connectivity index (χ0v) is 12.2. The lowest BCUT2D eigenvalue weighted by Gasteiger charge is -2.44. The van der Waals surface area contributed by atoms with Crippen LogP contribution in [0.2, 0.25) is 0 Å². The van der Waals surface area contributed by atoms with Gasteiger partial charge in [0.15, 0.2) is 0 Å². The van der Waals surface area contributed by atoms with E-state index >= 15 is 0 Å². The van der Waals surface area contributed by atoms with E-state index in [-0.39, 0.29) is 0 Å². The Bertz CT molecular complexity index is 441. The molecular formula is C14H24N6. The van der Waals surface area contributed by atoms with E-state index in [2.05, 4.69) is 32.1 Å². The number of piperazine rings is 1. The van der Waals surface area contributed by atoms with Crippen molar-refractivity contribution in [2.75, 3.05) is 36.5 Å². The third kappa shape index (κ3) is 2.71. The summed E-state index contributed by atoms with van der Waals surface area (Å²) in [5.74, 6) is 8.08. The predicted molar refractivity (Wildman–Crippen MR) is 80.6 cm³/mol. The number of nitrogens with two attached hydrogens (primary N) is 1. The van der Waals surface area contributed by atoms with Crippen LogP contribution in [-0.2, 0) is 6.42 Å². The lowest BCUT2D eigenvalue weighted by Crippen LogP contribution is -2.55. The number of hydrazine groups is 1. The van der Waals surface area contributed by atoms with Crippen molar-refractivity contribution in [3.8, 4) is 0 Å². The van der Waals surface area contributed by atoms with E-state index in [0.717, 1.165) is 37.7 Å². The number of nitrogen functional groups attached to an aromatic ring is 1. The summed E-state index contributed by atoms with van der Waals surface area (Å²) in [7, 11) is 0. The molecule has 2 aliphatic rings. The van der Waals surface area contributed by atoms with E-state index in [0.29, 0.717) is 11.9 Å². The average molecular weight is 276 g/mol. The van der Waals surface area contributed by atoms with Crippen LogP contribution in [-0.4, -0.2) is 47.1 Å². The number of piperidine rings is 1. The lowest BCUT2D eigenvalue weighted by molar-refractivity contribution is 0.133. The molecule has 1 aromatic rings. The Morgan fingerprint density at radius 1 is 1.30 bits per heavy atom. The first-order valence-corrected chi connectivity index (χ1v) is 7.63. The first kappa shape index (κ1) is 13.6. The highest BCUT2D eigenvalue weighted by molar-refractivity contribution is 5.49. The van der Waals surface area contributed by atoms with Crippen LogP contribution in [0.25, 0.3) is 0 Å². The van der Waals surface area contributed by atoms with Gasteiger partial charge in [-0.05, 0) is 19.4 Å². The standard InChI is InChI=1S/C14H24N6/c1-2-12-16-13(18-15)9-14(17-12)20-8-7-19-6-4-3-5-11(19)10-20/h9,11H,2-8,10,15H2,1H3,(H,16,17,18). The van der Waals surface area contributed by atoms with Crippen molar-refractivity contribution < 1.29 is 0 Å². The SMILES string of the molecule is CCc1nc(NN)cc(N2CCN3CCCCC3C2)n1. The minimum absolute atomic E-state index is 0.687. The molecule has 0 radical (unpaired) electrons. The third-order valence-electron chi connectivity index (χ3n) is 4.38. The number of rotatable bonds is 3. The molecule has 1 atom stereocenters. The molecule has 2 saturated heterocycles. The Morgan fingerprint density at radius 2 is 2.20 bits per heavy atom. The summed E-state index contributed by atoms with van der Waals surface area (Å²) in [5, 5.41) is 0. The fourth-order valence-corrected chi connectivity index (χ4v) is 3.24. The second kappa shape index (κ2) is 5.93. The van der Waals surface area contributed by atoms with Gasteiger partial charge in [0.25, 0.3) is 0 Å². The van der Waals surface area contributed by atoms with Gasteiger partial charge in [0.05, 0.1) is 0 Å². The van der Waals surface area contributed by atoms with Gasteiger partial charge < -0.3 is 10.3 Å². The second-order valence-electron chi connectivity index (χ2n) is 5.66. The smallest absolute Gasteiger partial charge is 0.145 e. The third-order valence-corrected chi connectivity index (χ3v) is 4.38. The maximum absolute atomic E-state index is 5.51. The van der Waals surface area contributed by atoms with Crippen molar-refractivity contribution in [3.05, 3.63) is 11.9 Å². The topological polar surface area (TPSA) is 70.3 Å². The summed E-state index contributed by atoms with van der Waals surface area (Å²) in [5.41, 5.74) is 2.65. The van der Waals surface area contributed by atoms with E-state index in [4.69, 9.17) is 5.84 Å². The molecular weight excluding hydrogens is 252 g/mol. The molecule has 3 N–H and O–H groups in total. The number of fused-ring (bicyclic) bond motifs is 1. The average Bonchev–Trinajstić information content (AvgIpc) is 2.53. The molecule has 110 valence electrons. The molecule has 3 rings (SSSR count). The van der Waals surface area contributed by atoms with Gasteiger partial charge in [-0.15, -0.1) is 0 Å². The minimum atomic E-state index is 0.687. The van der Waals surface area contributed by atoms with Crippen LogP contribution in [0.1, 0.15) is 32.0 Å². The predicted octanol–water partition coefficient (Wildman–Crippen LogP) is 0.999. The van der Waals surface area contributed by atoms with Crippen LogP contribution in [0.5, 0.6) is 0 Å². The molecule has 1 unspecified atom stereocenters. The molecule has 0 spiro atoms. The highest BCUT2D eigenvalue weighted by Crippen LogP contribution is 2.25. The Morgan fingerprint density at radius 3 is 3.00 bits per heavy atom. The summed E-state index contributed by atoms with van der Waals surface area (Å²) >= 11 is 0. The van der Waals surface area contributed by atoms with Gasteiger partial charge in [-0.25, -0.2) is 15.8 Å². The molecule has 6 heteroatoms. The fourth-order valence-electron chi connectivity index (χ4n) is 3.24. The number of hydrogen-bond donors (Lipinski definition) is 2. The highest BCUT2D eigenvalue weighted by Gasteiger charge is 2.29. The lowest BCUT2D eigenvalue weighted by atomic mass is 9.99. The minimum Gasteiger partial charge on any atom is -0.354 e. The van der Waals surface area contributed by atoms with Crippen LogP contribution in [0.4, 0.5) is 11.6 Å². The zero-order valence-electron chi connectivity index (χ0n) is 12.2. The number of aryl methyl sites for hydroxylation is 1. The summed E-state index contributed by atoms with van der Waals surface area (Å²) in [6.45, 7) is 6.59. The van der Waals surface area contributed by atoms with E-state index in [1.165, 1.54) is 25.8 Å². The molecule has 2 aliphatic heterocycles. The van der Waals surface area contributed by atoms with Crippen LogP contribution < -0.4 is 16.2 Å². The molecule has 0 saturated carbocycles. The Kier molecular flexibility index (Phi) is 4.03. The Balaban J connectivity index is 1.78. The van der Waals surface area contributed by atoms with Crippen LogP contribution >= 0.6 is 0 Å². The van der Waals surface area contributed by atoms with Gasteiger partial charge in [-0.3, -0.25) is 4.90 Å². The molecule has 3 heterocycles. The number of nitrogens with one attached hydrogen (secondary N) is 1. The molecule has 6 nitrogen and oxygen atoms in total. The number of aromatic nitrogens is 2. The van der Waals surface area contributed by atoms with Gasteiger partial charge in [0.2, 0.25) is 0 Å². The summed E-state index contributed by atoms with van der Waals surface area (Å²) in [6.07, 6.45) is 4.84. The van der Waals surface area contributed by atoms with Gasteiger partial charge >= 0.3 is 0 Å². The number of nitrogens with zero attached hydrogens (tertiary/aromatic N) is 4. The van der Waals surface area contributed by atoms with Crippen molar-refractivity contribution in [2.45, 2.75) is 38.6 Å². The summed E-state index contributed by atoms with van der Waals surface area (Å²) in [6, 6.07) is 2.64. The molecule has 0 aromatic carbocycles. The number of hydrogen-bond acceptors (Lipinski definition) is 6. The van der Waals surface area contributed by atoms with Gasteiger partial charge in [-0.1, -0.05) is 13.3 Å². The van der Waals surface area contributed by atoms with Crippen molar-refractivity contribution in [3.63, 3.8) is 0 Å². The number of anilines is 2. The maximum atomic E-state index is 5.51. The van der Waals surface area contributed by atoms with Gasteiger partial charge in [-0.2, -0.15) is 0 Å². The highest BCUT2D eigenvalue weighted by atomic mass is 15.3. The van der Waals surface area contributed by atoms with Crippen LogP contribution in [0.3, 0.4) is 0 Å². The molecule has 0 amide bonds. The van der Waals surface area contributed by atoms with Gasteiger partial charge in [0.1, 0.15) is 17.5 Å². The first-order valence-electron chi connectivity index (χ1n) is 7.63. The van der Waals surface area contributed by atoms with Gasteiger partial charge in [0, 0.05) is 38.2 Å². The largest absolute Gasteiger partial charge is 0.354 e. The van der Waals surface area contributed by atoms with E-state index in [1.807, 2.05) is 6.07 Å². The first-order chi connectivity index (χ1) is 9.80. The Labute approximate surface area is 120 Å². The zero-order chi connectivity index (χ0) is 13.9. The monoisotopic (exact) mass is 276 g/mol. The molecule has 0 aliphatic carbocycles. The fraction of sp³-hybridized carbons (Fsp3) is 0.714. The Hall–Kier alpha value is -1.40. The van der Waals surface area contributed by atoms with Crippen LogP contribution in [0.15, 0.2) is 6.07 Å². The molecule has 2 fully saturated rings. The summed E-state index contributed by atoms with van der Waals surface area (Å²) < 4.78 is 0. The molecule has 0 bridgehead atoms. The molecule has 1 aromatic heterocycles. The molecule has 20 heavy (non-hydrogen) atoms. The van der Waals surface area contributed by atoms with Crippen molar-refractivity contribution in [2.24, 2.45) is 5.84 Å². The van der Waals surface area contributed by atoms with Crippen molar-refractivity contribution in [1.29, 1.82) is 0 Å². The van der Waals surface area contributed by atoms with E-state index in [1.54, 1.807) is 0 Å². The van der Waals surface area contributed by atoms with E-state index < -0.39 is 0 Å². The van der Waals surface area contributed by atoms with Crippen LogP contribution in [0, 0.1) is 0 Å². The van der Waals surface area contributed by atoms with E-state index in [9.17, 15) is 0 Å². The van der Waals surface area contributed by atoms with Crippen molar-refractivity contribution >= 4 is 11.6 Å². The second-order valence-corrected chi connectivity index (χ2v) is 5.66. The normalized spacial score (nSPS) is 23.5. The quantitative estimate of drug-likeness (QED) is 0.634. The summed E-state index contributed by atoms with van der Waals surface area (Å²) in [4.78, 5) is 14.0. The van der Waals surface area contributed by atoms with Crippen molar-refractivity contribution in [1.82, 2.24) is 14.9 Å². The maximum Gasteiger partial charge on any atom is 0.145 e.